The van der Waals surface area contributed by atoms with Crippen molar-refractivity contribution in [2.24, 2.45) is 0 Å². The Morgan fingerprint density at radius 1 is 0.737 bits per heavy atom. The van der Waals surface area contributed by atoms with E-state index < -0.39 is 0 Å². The minimum Gasteiger partial charge on any atom is -0.0840 e. The lowest BCUT2D eigenvalue weighted by Gasteiger charge is -2.06. The largest absolute Gasteiger partial charge is 0.0840 e. The molecule has 2 aromatic rings. The molecule has 0 aliphatic carbocycles. The molecular formula is C18H25Cl. The van der Waals surface area contributed by atoms with Gasteiger partial charge in [-0.3, -0.25) is 0 Å². The van der Waals surface area contributed by atoms with Crippen LogP contribution in [0, 0.1) is 6.92 Å². The summed E-state index contributed by atoms with van der Waals surface area (Å²) >= 11 is 6.13. The van der Waals surface area contributed by atoms with Crippen LogP contribution in [0.4, 0.5) is 0 Å². The first-order chi connectivity index (χ1) is 9.27. The lowest BCUT2D eigenvalue weighted by atomic mass is 10.0. The van der Waals surface area contributed by atoms with Crippen molar-refractivity contribution in [1.82, 2.24) is 0 Å². The summed E-state index contributed by atoms with van der Waals surface area (Å²) in [7, 11) is 0. The predicted octanol–water partition coefficient (Wildman–Crippen LogP) is 6.29. The normalized spacial score (nSPS) is 8.74. The standard InChI is InChI=1S/C14H13Cl.2C2H6/c1-11-6-2-3-7-12(11)10-13-8-4-5-9-14(13)15;2*1-2/h2-9H,10H2,1H3;2*1-2H3. The predicted molar refractivity (Wildman–Crippen MR) is 88.1 cm³/mol. The second-order valence-corrected chi connectivity index (χ2v) is 4.10. The zero-order valence-electron chi connectivity index (χ0n) is 12.7. The van der Waals surface area contributed by atoms with Crippen molar-refractivity contribution in [3.8, 4) is 0 Å². The van der Waals surface area contributed by atoms with Gasteiger partial charge in [0.15, 0.2) is 0 Å². The molecule has 0 heterocycles. The molecule has 0 aliphatic rings. The highest BCUT2D eigenvalue weighted by Gasteiger charge is 2.02. The Morgan fingerprint density at radius 2 is 1.21 bits per heavy atom. The van der Waals surface area contributed by atoms with Crippen molar-refractivity contribution < 1.29 is 0 Å². The van der Waals surface area contributed by atoms with Crippen molar-refractivity contribution >= 4 is 11.6 Å². The van der Waals surface area contributed by atoms with E-state index in [1.165, 1.54) is 16.7 Å². The lowest BCUT2D eigenvalue weighted by Crippen LogP contribution is -1.91. The molecule has 2 rings (SSSR count). The van der Waals surface area contributed by atoms with Crippen molar-refractivity contribution in [3.63, 3.8) is 0 Å². The average molecular weight is 277 g/mol. The maximum atomic E-state index is 6.13. The van der Waals surface area contributed by atoms with E-state index in [9.17, 15) is 0 Å². The molecule has 19 heavy (non-hydrogen) atoms. The highest BCUT2D eigenvalue weighted by molar-refractivity contribution is 6.31. The van der Waals surface area contributed by atoms with Crippen LogP contribution in [0.15, 0.2) is 48.5 Å². The van der Waals surface area contributed by atoms with E-state index in [1.54, 1.807) is 0 Å². The van der Waals surface area contributed by atoms with Gasteiger partial charge >= 0.3 is 0 Å². The molecule has 0 bridgehead atoms. The summed E-state index contributed by atoms with van der Waals surface area (Å²) in [5.41, 5.74) is 3.84. The third kappa shape index (κ3) is 5.94. The Hall–Kier alpha value is -1.27. The first-order valence-corrected chi connectivity index (χ1v) is 7.43. The molecule has 0 aromatic heterocycles. The molecule has 0 radical (unpaired) electrons. The third-order valence-corrected chi connectivity index (χ3v) is 2.97. The monoisotopic (exact) mass is 276 g/mol. The van der Waals surface area contributed by atoms with Crippen LogP contribution in [0.3, 0.4) is 0 Å². The van der Waals surface area contributed by atoms with Gasteiger partial charge in [0.25, 0.3) is 0 Å². The highest BCUT2D eigenvalue weighted by atomic mass is 35.5. The van der Waals surface area contributed by atoms with Crippen LogP contribution in [0.25, 0.3) is 0 Å². The minimum absolute atomic E-state index is 0.848. The van der Waals surface area contributed by atoms with Crippen LogP contribution in [0.1, 0.15) is 44.4 Å². The fraction of sp³-hybridized carbons (Fsp3) is 0.333. The molecule has 0 spiro atoms. The molecule has 0 N–H and O–H groups in total. The van der Waals surface area contributed by atoms with Crippen LogP contribution in [0.5, 0.6) is 0 Å². The molecule has 0 fully saturated rings. The molecule has 0 amide bonds. The van der Waals surface area contributed by atoms with E-state index in [1.807, 2.05) is 45.9 Å². The topological polar surface area (TPSA) is 0 Å². The summed E-state index contributed by atoms with van der Waals surface area (Å²) in [5.74, 6) is 0. The van der Waals surface area contributed by atoms with E-state index >= 15 is 0 Å². The lowest BCUT2D eigenvalue weighted by molar-refractivity contribution is 1.16. The first kappa shape index (κ1) is 17.7. The zero-order chi connectivity index (χ0) is 14.7. The van der Waals surface area contributed by atoms with Crippen LogP contribution < -0.4 is 0 Å². The second-order valence-electron chi connectivity index (χ2n) is 3.69. The molecule has 0 saturated carbocycles. The smallest absolute Gasteiger partial charge is 0.0441 e. The molecule has 0 unspecified atom stereocenters. The maximum Gasteiger partial charge on any atom is 0.0441 e. The summed E-state index contributed by atoms with van der Waals surface area (Å²) in [4.78, 5) is 0. The Kier molecular flexibility index (Phi) is 9.92. The van der Waals surface area contributed by atoms with Crippen LogP contribution in [0.2, 0.25) is 5.02 Å². The van der Waals surface area contributed by atoms with Gasteiger partial charge in [-0.05, 0) is 36.1 Å². The van der Waals surface area contributed by atoms with Gasteiger partial charge < -0.3 is 0 Å². The summed E-state index contributed by atoms with van der Waals surface area (Å²) in [6.45, 7) is 10.1. The van der Waals surface area contributed by atoms with E-state index in [-0.39, 0.29) is 0 Å². The van der Waals surface area contributed by atoms with Crippen LogP contribution in [-0.2, 0) is 6.42 Å². The quantitative estimate of drug-likeness (QED) is 0.604. The van der Waals surface area contributed by atoms with Crippen molar-refractivity contribution in [1.29, 1.82) is 0 Å². The van der Waals surface area contributed by atoms with Gasteiger partial charge in [-0.25, -0.2) is 0 Å². The van der Waals surface area contributed by atoms with Crippen LogP contribution in [-0.4, -0.2) is 0 Å². The number of benzene rings is 2. The average Bonchev–Trinajstić information content (AvgIpc) is 2.48. The van der Waals surface area contributed by atoms with Gasteiger partial charge in [-0.2, -0.15) is 0 Å². The molecule has 0 aliphatic heterocycles. The number of hydrogen-bond acceptors (Lipinski definition) is 0. The second kappa shape index (κ2) is 10.6. The zero-order valence-corrected chi connectivity index (χ0v) is 13.5. The molecular weight excluding hydrogens is 252 g/mol. The Morgan fingerprint density at radius 3 is 1.74 bits per heavy atom. The molecule has 0 saturated heterocycles. The maximum absolute atomic E-state index is 6.13. The minimum atomic E-state index is 0.848. The van der Waals surface area contributed by atoms with Crippen molar-refractivity contribution in [2.75, 3.05) is 0 Å². The van der Waals surface area contributed by atoms with E-state index in [4.69, 9.17) is 11.6 Å². The fourth-order valence-corrected chi connectivity index (χ4v) is 1.86. The van der Waals surface area contributed by atoms with Crippen LogP contribution >= 0.6 is 11.6 Å². The summed E-state index contributed by atoms with van der Waals surface area (Å²) in [6.07, 6.45) is 0.909. The summed E-state index contributed by atoms with van der Waals surface area (Å²) in [6, 6.07) is 16.4. The van der Waals surface area contributed by atoms with E-state index in [0.29, 0.717) is 0 Å². The Labute approximate surface area is 123 Å². The van der Waals surface area contributed by atoms with Gasteiger partial charge in [0.1, 0.15) is 0 Å². The molecule has 0 nitrogen and oxygen atoms in total. The number of rotatable bonds is 2. The van der Waals surface area contributed by atoms with Gasteiger partial charge in [-0.15, -0.1) is 0 Å². The summed E-state index contributed by atoms with van der Waals surface area (Å²) < 4.78 is 0. The van der Waals surface area contributed by atoms with E-state index in [0.717, 1.165) is 11.4 Å². The fourth-order valence-electron chi connectivity index (χ4n) is 1.66. The van der Waals surface area contributed by atoms with Gasteiger partial charge in [0.2, 0.25) is 0 Å². The van der Waals surface area contributed by atoms with Crippen molar-refractivity contribution in [2.45, 2.75) is 41.0 Å². The molecule has 0 atom stereocenters. The van der Waals surface area contributed by atoms with Gasteiger partial charge in [-0.1, -0.05) is 81.8 Å². The molecule has 2 aromatic carbocycles. The SMILES string of the molecule is CC.CC.Cc1ccccc1Cc1ccccc1Cl. The van der Waals surface area contributed by atoms with Crippen molar-refractivity contribution in [3.05, 3.63) is 70.2 Å². The third-order valence-electron chi connectivity index (χ3n) is 2.60. The molecule has 1 heteroatoms. The summed E-state index contributed by atoms with van der Waals surface area (Å²) in [5, 5.41) is 0.848. The molecule has 104 valence electrons. The Balaban J connectivity index is 0.000000741. The van der Waals surface area contributed by atoms with E-state index in [2.05, 4.69) is 37.3 Å². The number of halogens is 1. The number of aryl methyl sites for hydroxylation is 1. The Bertz CT molecular complexity index is 417. The number of hydrogen-bond donors (Lipinski definition) is 0. The highest BCUT2D eigenvalue weighted by Crippen LogP contribution is 2.20. The van der Waals surface area contributed by atoms with Gasteiger partial charge in [0.05, 0.1) is 0 Å². The van der Waals surface area contributed by atoms with Gasteiger partial charge in [0, 0.05) is 5.02 Å². The first-order valence-electron chi connectivity index (χ1n) is 7.05.